The van der Waals surface area contributed by atoms with Crippen LogP contribution in [-0.2, 0) is 20.0 Å². The van der Waals surface area contributed by atoms with Crippen LogP contribution < -0.4 is 5.32 Å². The fraction of sp³-hybridized carbons (Fsp3) is 0.429. The van der Waals surface area contributed by atoms with Gasteiger partial charge in [-0.2, -0.15) is 5.10 Å². The van der Waals surface area contributed by atoms with Crippen LogP contribution in [0.3, 0.4) is 0 Å². The van der Waals surface area contributed by atoms with Crippen molar-refractivity contribution in [3.05, 3.63) is 59.0 Å². The molecule has 1 aliphatic heterocycles. The normalized spacial score (nSPS) is 14.0. The molecular weight excluding hydrogens is 486 g/mol. The molecule has 0 saturated heterocycles. The summed E-state index contributed by atoms with van der Waals surface area (Å²) in [6.45, 7) is 7.92. The number of fused-ring (bicyclic) bond motifs is 2. The molecule has 4 heterocycles. The molecular formula is C28H34F2N8. The van der Waals surface area contributed by atoms with Gasteiger partial charge < -0.3 is 10.2 Å². The Labute approximate surface area is 221 Å². The minimum absolute atomic E-state index is 0.0439. The minimum Gasteiger partial charge on any atom is -0.309 e. The molecule has 200 valence electrons. The number of nitrogens with one attached hydrogen (secondary N) is 1. The predicted molar refractivity (Wildman–Crippen MR) is 145 cm³/mol. The Kier molecular flexibility index (Phi) is 7.36. The number of benzene rings is 1. The van der Waals surface area contributed by atoms with Crippen molar-refractivity contribution in [2.45, 2.75) is 39.2 Å². The van der Waals surface area contributed by atoms with E-state index in [0.29, 0.717) is 16.7 Å². The number of hydrogen-bond acceptors (Lipinski definition) is 7. The summed E-state index contributed by atoms with van der Waals surface area (Å²) >= 11 is 0. The first kappa shape index (κ1) is 26.1. The Bertz CT molecular complexity index is 1460. The van der Waals surface area contributed by atoms with E-state index >= 15 is 4.39 Å². The molecule has 0 unspecified atom stereocenters. The molecule has 0 fully saturated rings. The van der Waals surface area contributed by atoms with Crippen LogP contribution in [0.25, 0.3) is 22.2 Å². The molecule has 3 aromatic heterocycles. The number of aromatic nitrogens is 5. The van der Waals surface area contributed by atoms with Gasteiger partial charge in [0.15, 0.2) is 5.82 Å². The summed E-state index contributed by atoms with van der Waals surface area (Å²) in [5.74, 6) is -0.457. The van der Waals surface area contributed by atoms with E-state index in [1.807, 2.05) is 19.9 Å². The van der Waals surface area contributed by atoms with Crippen molar-refractivity contribution in [1.82, 2.24) is 34.5 Å². The van der Waals surface area contributed by atoms with Crippen LogP contribution in [0.1, 0.15) is 43.1 Å². The molecule has 0 atom stereocenters. The third kappa shape index (κ3) is 5.23. The van der Waals surface area contributed by atoms with Crippen molar-refractivity contribution < 1.29 is 8.78 Å². The van der Waals surface area contributed by atoms with E-state index in [-0.39, 0.29) is 23.1 Å². The summed E-state index contributed by atoms with van der Waals surface area (Å²) in [5.41, 5.74) is 3.49. The Morgan fingerprint density at radius 2 is 1.92 bits per heavy atom. The van der Waals surface area contributed by atoms with Gasteiger partial charge in [0.2, 0.25) is 5.95 Å². The fourth-order valence-electron chi connectivity index (χ4n) is 5.19. The van der Waals surface area contributed by atoms with Crippen molar-refractivity contribution in [2.24, 2.45) is 7.05 Å². The average Bonchev–Trinajstić information content (AvgIpc) is 3.22. The fourth-order valence-corrected chi connectivity index (χ4v) is 5.19. The standard InChI is InChI=1S/C28H34F2N8/c1-17(2)27-24-22(35-37(27)5)9-8-19(25(24)30)26-20(29)15-31-28(34-26)33-23-10-7-18-16-38(13-6-12-36(3)4)14-11-21(18)32-23/h7-10,15,17H,6,11-14,16H2,1-5H3,(H,31,32,33,34). The van der Waals surface area contributed by atoms with Crippen LogP contribution in [-0.4, -0.2) is 68.3 Å². The van der Waals surface area contributed by atoms with E-state index in [2.05, 4.69) is 50.3 Å². The zero-order valence-electron chi connectivity index (χ0n) is 22.6. The summed E-state index contributed by atoms with van der Waals surface area (Å²) in [7, 11) is 5.97. The number of anilines is 2. The zero-order valence-corrected chi connectivity index (χ0v) is 22.6. The van der Waals surface area contributed by atoms with E-state index in [1.165, 1.54) is 11.6 Å². The number of nitrogens with zero attached hydrogens (tertiary/aromatic N) is 7. The monoisotopic (exact) mass is 520 g/mol. The molecule has 0 aliphatic carbocycles. The molecule has 38 heavy (non-hydrogen) atoms. The number of halogens is 2. The van der Waals surface area contributed by atoms with Gasteiger partial charge >= 0.3 is 0 Å². The largest absolute Gasteiger partial charge is 0.309 e. The van der Waals surface area contributed by atoms with E-state index in [1.54, 1.807) is 17.8 Å². The highest BCUT2D eigenvalue weighted by Gasteiger charge is 2.22. The van der Waals surface area contributed by atoms with Crippen LogP contribution >= 0.6 is 0 Å². The van der Waals surface area contributed by atoms with Gasteiger partial charge in [-0.05, 0) is 63.3 Å². The maximum absolute atomic E-state index is 15.7. The number of hydrogen-bond donors (Lipinski definition) is 1. The maximum atomic E-state index is 15.7. The van der Waals surface area contributed by atoms with Crippen LogP contribution in [0.5, 0.6) is 0 Å². The minimum atomic E-state index is -0.698. The van der Waals surface area contributed by atoms with Crippen molar-refractivity contribution >= 4 is 22.7 Å². The summed E-state index contributed by atoms with van der Waals surface area (Å²) < 4.78 is 32.3. The number of rotatable bonds is 8. The predicted octanol–water partition coefficient (Wildman–Crippen LogP) is 4.88. The second kappa shape index (κ2) is 10.7. The van der Waals surface area contributed by atoms with Crippen molar-refractivity contribution in [3.63, 3.8) is 0 Å². The Morgan fingerprint density at radius 3 is 2.68 bits per heavy atom. The summed E-state index contributed by atoms with van der Waals surface area (Å²) in [6, 6.07) is 7.16. The lowest BCUT2D eigenvalue weighted by molar-refractivity contribution is 0.236. The Balaban J connectivity index is 1.38. The summed E-state index contributed by atoms with van der Waals surface area (Å²) in [4.78, 5) is 17.8. The van der Waals surface area contributed by atoms with Gasteiger partial charge in [-0.15, -0.1) is 0 Å². The van der Waals surface area contributed by atoms with Gasteiger partial charge in [0.05, 0.1) is 22.8 Å². The maximum Gasteiger partial charge on any atom is 0.229 e. The molecule has 0 amide bonds. The van der Waals surface area contributed by atoms with Crippen LogP contribution in [0.2, 0.25) is 0 Å². The smallest absolute Gasteiger partial charge is 0.229 e. The van der Waals surface area contributed by atoms with E-state index in [0.717, 1.165) is 56.6 Å². The lowest BCUT2D eigenvalue weighted by atomic mass is 10.0. The SMILES string of the molecule is CC(C)c1c2c(F)c(-c3nc(Nc4ccc5c(n4)CCN(CCCN(C)C)C5)ncc3F)ccc2nn1C. The van der Waals surface area contributed by atoms with Crippen LogP contribution in [0.4, 0.5) is 20.5 Å². The van der Waals surface area contributed by atoms with Gasteiger partial charge in [-0.1, -0.05) is 19.9 Å². The van der Waals surface area contributed by atoms with Crippen LogP contribution in [0.15, 0.2) is 30.5 Å². The van der Waals surface area contributed by atoms with Gasteiger partial charge in [0.1, 0.15) is 17.3 Å². The average molecular weight is 521 g/mol. The number of pyridine rings is 1. The lowest BCUT2D eigenvalue weighted by Crippen LogP contribution is -2.33. The number of aryl methyl sites for hydroxylation is 1. The molecule has 8 nitrogen and oxygen atoms in total. The molecule has 1 N–H and O–H groups in total. The van der Waals surface area contributed by atoms with E-state index in [9.17, 15) is 4.39 Å². The van der Waals surface area contributed by atoms with Crippen LogP contribution in [0, 0.1) is 11.6 Å². The summed E-state index contributed by atoms with van der Waals surface area (Å²) in [5, 5.41) is 7.88. The highest BCUT2D eigenvalue weighted by Crippen LogP contribution is 2.34. The Morgan fingerprint density at radius 1 is 1.11 bits per heavy atom. The quantitative estimate of drug-likeness (QED) is 0.355. The van der Waals surface area contributed by atoms with Crippen molar-refractivity contribution in [3.8, 4) is 11.3 Å². The molecule has 5 rings (SSSR count). The first-order valence-electron chi connectivity index (χ1n) is 13.0. The second-order valence-electron chi connectivity index (χ2n) is 10.5. The van der Waals surface area contributed by atoms with Gasteiger partial charge in [0.25, 0.3) is 0 Å². The molecule has 0 saturated carbocycles. The first-order chi connectivity index (χ1) is 18.2. The molecule has 1 aromatic carbocycles. The molecule has 0 radical (unpaired) electrons. The first-order valence-corrected chi connectivity index (χ1v) is 13.0. The molecule has 4 aromatic rings. The topological polar surface area (TPSA) is 75.0 Å². The molecule has 0 spiro atoms. The molecule has 1 aliphatic rings. The highest BCUT2D eigenvalue weighted by atomic mass is 19.1. The summed E-state index contributed by atoms with van der Waals surface area (Å²) in [6.07, 6.45) is 3.05. The molecule has 0 bridgehead atoms. The van der Waals surface area contributed by atoms with Gasteiger partial charge in [-0.3, -0.25) is 9.58 Å². The van der Waals surface area contributed by atoms with E-state index in [4.69, 9.17) is 4.98 Å². The van der Waals surface area contributed by atoms with Crippen molar-refractivity contribution in [2.75, 3.05) is 39.0 Å². The third-order valence-corrected chi connectivity index (χ3v) is 6.98. The highest BCUT2D eigenvalue weighted by molar-refractivity contribution is 5.88. The zero-order chi connectivity index (χ0) is 27.0. The van der Waals surface area contributed by atoms with E-state index < -0.39 is 11.6 Å². The lowest BCUT2D eigenvalue weighted by Gasteiger charge is -2.28. The second-order valence-corrected chi connectivity index (χ2v) is 10.5. The molecule has 10 heteroatoms. The third-order valence-electron chi connectivity index (χ3n) is 6.98. The van der Waals surface area contributed by atoms with Gasteiger partial charge in [0, 0.05) is 37.8 Å². The Hall–Kier alpha value is -3.50. The van der Waals surface area contributed by atoms with Gasteiger partial charge in [-0.25, -0.2) is 23.7 Å². The van der Waals surface area contributed by atoms with Crippen molar-refractivity contribution in [1.29, 1.82) is 0 Å².